The number of rotatable bonds is 6. The summed E-state index contributed by atoms with van der Waals surface area (Å²) in [5.74, 6) is 1.18. The van der Waals surface area contributed by atoms with Crippen LogP contribution in [0, 0.1) is 11.8 Å². The van der Waals surface area contributed by atoms with E-state index in [1.165, 1.54) is 6.42 Å². The van der Waals surface area contributed by atoms with Gasteiger partial charge in [-0.3, -0.25) is 9.69 Å². The van der Waals surface area contributed by atoms with E-state index in [0.717, 1.165) is 25.4 Å². The molecule has 0 aromatic carbocycles. The molecule has 1 amide bonds. The van der Waals surface area contributed by atoms with Crippen molar-refractivity contribution in [2.45, 2.75) is 72.0 Å². The van der Waals surface area contributed by atoms with E-state index in [0.29, 0.717) is 18.0 Å². The first-order valence-electron chi connectivity index (χ1n) is 8.02. The van der Waals surface area contributed by atoms with Gasteiger partial charge in [-0.1, -0.05) is 20.8 Å². The number of nitrogens with one attached hydrogen (secondary N) is 1. The highest BCUT2D eigenvalue weighted by Crippen LogP contribution is 2.30. The average molecular weight is 283 g/mol. The van der Waals surface area contributed by atoms with Gasteiger partial charge in [0.2, 0.25) is 5.91 Å². The zero-order chi connectivity index (χ0) is 15.5. The number of likely N-dealkylation sites (N-methyl/N-ethyl adjacent to an activating group) is 1. The largest absolute Gasteiger partial charge is 0.368 e. The molecule has 0 aromatic heterocycles. The van der Waals surface area contributed by atoms with Crippen molar-refractivity contribution in [2.75, 3.05) is 13.1 Å². The molecule has 20 heavy (non-hydrogen) atoms. The molecule has 4 heteroatoms. The van der Waals surface area contributed by atoms with Gasteiger partial charge >= 0.3 is 0 Å². The van der Waals surface area contributed by atoms with Gasteiger partial charge in [-0.2, -0.15) is 0 Å². The number of nitrogens with two attached hydrogens (primary N) is 1. The van der Waals surface area contributed by atoms with Crippen LogP contribution < -0.4 is 11.1 Å². The number of hydrogen-bond acceptors (Lipinski definition) is 3. The fourth-order valence-corrected chi connectivity index (χ4v) is 3.70. The van der Waals surface area contributed by atoms with Crippen molar-refractivity contribution >= 4 is 5.91 Å². The number of nitrogens with zero attached hydrogens (tertiary/aromatic N) is 1. The molecule has 118 valence electrons. The number of amides is 1. The second kappa shape index (κ2) is 6.90. The summed E-state index contributed by atoms with van der Waals surface area (Å²) in [6.07, 6.45) is 2.06. The van der Waals surface area contributed by atoms with Gasteiger partial charge < -0.3 is 11.1 Å². The average Bonchev–Trinajstić information content (AvgIpc) is 2.33. The van der Waals surface area contributed by atoms with Gasteiger partial charge in [0.1, 0.15) is 0 Å². The molecular formula is C16H33N3O. The molecule has 1 aliphatic rings. The smallest absolute Gasteiger partial charge is 0.237 e. The number of carbonyl (C=O) groups is 1. The normalized spacial score (nSPS) is 32.6. The van der Waals surface area contributed by atoms with E-state index in [1.807, 2.05) is 13.8 Å². The molecule has 4 nitrogen and oxygen atoms in total. The van der Waals surface area contributed by atoms with E-state index in [2.05, 4.69) is 37.9 Å². The molecule has 1 rings (SSSR count). The number of carbonyl (C=O) groups excluding carboxylic acids is 1. The van der Waals surface area contributed by atoms with Crippen LogP contribution in [0.2, 0.25) is 0 Å². The SMILES string of the molecule is CCNC(C)(CC(C)N1CC(C)CC(C)C1C)C(N)=O. The van der Waals surface area contributed by atoms with E-state index >= 15 is 0 Å². The Kier molecular flexibility index (Phi) is 6.02. The standard InChI is InChI=1S/C16H33N3O/c1-7-18-16(6,15(17)20)9-13(4)19-10-11(2)8-12(3)14(19)5/h11-14,18H,7-10H2,1-6H3,(H2,17,20). The zero-order valence-corrected chi connectivity index (χ0v) is 14.1. The Hall–Kier alpha value is -0.610. The summed E-state index contributed by atoms with van der Waals surface area (Å²) in [5.41, 5.74) is 4.99. The first kappa shape index (κ1) is 17.4. The Balaban J connectivity index is 2.77. The van der Waals surface area contributed by atoms with Crippen molar-refractivity contribution in [3.8, 4) is 0 Å². The Morgan fingerprint density at radius 2 is 2.05 bits per heavy atom. The minimum atomic E-state index is -0.613. The minimum Gasteiger partial charge on any atom is -0.368 e. The second-order valence-electron chi connectivity index (χ2n) is 7.04. The summed E-state index contributed by atoms with van der Waals surface area (Å²) in [6.45, 7) is 15.0. The van der Waals surface area contributed by atoms with Gasteiger partial charge in [-0.15, -0.1) is 0 Å². The maximum Gasteiger partial charge on any atom is 0.237 e. The van der Waals surface area contributed by atoms with Crippen LogP contribution in [0.3, 0.4) is 0 Å². The van der Waals surface area contributed by atoms with Crippen LogP contribution in [0.5, 0.6) is 0 Å². The molecule has 3 N–H and O–H groups in total. The fraction of sp³-hybridized carbons (Fsp3) is 0.938. The van der Waals surface area contributed by atoms with Crippen molar-refractivity contribution in [3.63, 3.8) is 0 Å². The molecule has 0 spiro atoms. The van der Waals surface area contributed by atoms with Crippen LogP contribution in [0.1, 0.15) is 54.4 Å². The predicted octanol–water partition coefficient (Wildman–Crippen LogP) is 1.98. The van der Waals surface area contributed by atoms with Crippen LogP contribution in [0.15, 0.2) is 0 Å². The van der Waals surface area contributed by atoms with Gasteiger partial charge in [0, 0.05) is 18.6 Å². The molecular weight excluding hydrogens is 250 g/mol. The number of likely N-dealkylation sites (tertiary alicyclic amines) is 1. The zero-order valence-electron chi connectivity index (χ0n) is 14.1. The summed E-state index contributed by atoms with van der Waals surface area (Å²) in [5, 5.41) is 3.26. The van der Waals surface area contributed by atoms with Crippen LogP contribution >= 0.6 is 0 Å². The van der Waals surface area contributed by atoms with E-state index in [1.54, 1.807) is 0 Å². The van der Waals surface area contributed by atoms with Crippen LogP contribution in [-0.4, -0.2) is 41.5 Å². The molecule has 1 fully saturated rings. The lowest BCUT2D eigenvalue weighted by atomic mass is 9.83. The summed E-state index contributed by atoms with van der Waals surface area (Å²) in [7, 11) is 0. The number of primary amides is 1. The van der Waals surface area contributed by atoms with E-state index in [9.17, 15) is 4.79 Å². The van der Waals surface area contributed by atoms with Crippen LogP contribution in [-0.2, 0) is 4.79 Å². The van der Waals surface area contributed by atoms with Crippen molar-refractivity contribution < 1.29 is 4.79 Å². The first-order valence-corrected chi connectivity index (χ1v) is 8.02. The van der Waals surface area contributed by atoms with Gasteiger partial charge in [0.25, 0.3) is 0 Å². The Morgan fingerprint density at radius 1 is 1.45 bits per heavy atom. The molecule has 1 aliphatic heterocycles. The third kappa shape index (κ3) is 3.95. The molecule has 5 unspecified atom stereocenters. The quantitative estimate of drug-likeness (QED) is 0.784. The minimum absolute atomic E-state index is 0.253. The first-order chi connectivity index (χ1) is 9.21. The van der Waals surface area contributed by atoms with Crippen LogP contribution in [0.25, 0.3) is 0 Å². The fourth-order valence-electron chi connectivity index (χ4n) is 3.70. The molecule has 1 saturated heterocycles. The highest BCUT2D eigenvalue weighted by molar-refractivity contribution is 5.84. The van der Waals surface area contributed by atoms with E-state index in [4.69, 9.17) is 5.73 Å². The van der Waals surface area contributed by atoms with E-state index in [-0.39, 0.29) is 5.91 Å². The Morgan fingerprint density at radius 3 is 2.55 bits per heavy atom. The van der Waals surface area contributed by atoms with Crippen molar-refractivity contribution in [1.29, 1.82) is 0 Å². The molecule has 0 aliphatic carbocycles. The van der Waals surface area contributed by atoms with Gasteiger partial charge in [0.05, 0.1) is 5.54 Å². The number of hydrogen-bond donors (Lipinski definition) is 2. The molecule has 0 aromatic rings. The third-order valence-electron chi connectivity index (χ3n) is 5.02. The molecule has 0 saturated carbocycles. The van der Waals surface area contributed by atoms with Crippen molar-refractivity contribution in [1.82, 2.24) is 10.2 Å². The molecule has 0 bridgehead atoms. The van der Waals surface area contributed by atoms with Crippen molar-refractivity contribution in [2.24, 2.45) is 17.6 Å². The Labute approximate surface area is 124 Å². The number of piperidine rings is 1. The maximum absolute atomic E-state index is 11.8. The highest BCUT2D eigenvalue weighted by Gasteiger charge is 2.37. The lowest BCUT2D eigenvalue weighted by molar-refractivity contribution is -0.124. The van der Waals surface area contributed by atoms with Gasteiger partial charge in [0.15, 0.2) is 0 Å². The van der Waals surface area contributed by atoms with Crippen molar-refractivity contribution in [3.05, 3.63) is 0 Å². The monoisotopic (exact) mass is 283 g/mol. The van der Waals surface area contributed by atoms with E-state index < -0.39 is 5.54 Å². The van der Waals surface area contributed by atoms with Crippen LogP contribution in [0.4, 0.5) is 0 Å². The lowest BCUT2D eigenvalue weighted by Crippen LogP contribution is -2.58. The van der Waals surface area contributed by atoms with Gasteiger partial charge in [-0.05, 0) is 52.0 Å². The molecule has 0 radical (unpaired) electrons. The summed E-state index contributed by atoms with van der Waals surface area (Å²) in [4.78, 5) is 14.3. The topological polar surface area (TPSA) is 58.4 Å². The summed E-state index contributed by atoms with van der Waals surface area (Å²) in [6, 6.07) is 0.923. The lowest BCUT2D eigenvalue weighted by Gasteiger charge is -2.46. The predicted molar refractivity (Wildman–Crippen MR) is 84.5 cm³/mol. The molecule has 5 atom stereocenters. The summed E-state index contributed by atoms with van der Waals surface area (Å²) < 4.78 is 0. The molecule has 1 heterocycles. The Bertz CT molecular complexity index is 334. The maximum atomic E-state index is 11.8. The highest BCUT2D eigenvalue weighted by atomic mass is 16.1. The third-order valence-corrected chi connectivity index (χ3v) is 5.02. The second-order valence-corrected chi connectivity index (χ2v) is 7.04. The van der Waals surface area contributed by atoms with Gasteiger partial charge in [-0.25, -0.2) is 0 Å². The summed E-state index contributed by atoms with van der Waals surface area (Å²) >= 11 is 0.